The summed E-state index contributed by atoms with van der Waals surface area (Å²) in [6.07, 6.45) is 3.02. The van der Waals surface area contributed by atoms with Crippen LogP contribution >= 0.6 is 0 Å². The van der Waals surface area contributed by atoms with Gasteiger partial charge in [0.25, 0.3) is 0 Å². The fourth-order valence-electron chi connectivity index (χ4n) is 5.57. The lowest BCUT2D eigenvalue weighted by molar-refractivity contribution is -0.135. The third-order valence-electron chi connectivity index (χ3n) is 7.80. The molecule has 0 bridgehead atoms. The van der Waals surface area contributed by atoms with Gasteiger partial charge in [-0.15, -0.1) is 0 Å². The lowest BCUT2D eigenvalue weighted by Crippen LogP contribution is -2.50. The monoisotopic (exact) mass is 570 g/mol. The van der Waals surface area contributed by atoms with Crippen molar-refractivity contribution in [1.29, 1.82) is 0 Å². The van der Waals surface area contributed by atoms with E-state index in [4.69, 9.17) is 10.5 Å². The highest BCUT2D eigenvalue weighted by molar-refractivity contribution is 5.94. The maximum atomic E-state index is 13.9. The highest BCUT2D eigenvalue weighted by Crippen LogP contribution is 2.25. The summed E-state index contributed by atoms with van der Waals surface area (Å²) in [5.41, 5.74) is 9.69. The van der Waals surface area contributed by atoms with Crippen molar-refractivity contribution in [3.8, 4) is 5.75 Å². The zero-order chi connectivity index (χ0) is 29.9. The number of rotatable bonds is 13. The molecule has 1 unspecified atom stereocenters. The van der Waals surface area contributed by atoms with Crippen molar-refractivity contribution in [2.24, 2.45) is 5.73 Å². The van der Waals surface area contributed by atoms with Gasteiger partial charge in [-0.1, -0.05) is 61.5 Å². The largest absolute Gasteiger partial charge is 0.497 e. The average molecular weight is 571 g/mol. The molecule has 1 aliphatic heterocycles. The fraction of sp³-hybridized carbons (Fsp3) is 0.382. The average Bonchev–Trinajstić information content (AvgIpc) is 3.50. The van der Waals surface area contributed by atoms with Gasteiger partial charge in [0.15, 0.2) is 0 Å². The summed E-state index contributed by atoms with van der Waals surface area (Å²) in [5.74, 6) is 0.460. The smallest absolute Gasteiger partial charge is 0.245 e. The molecular formula is C34H42N4O4. The molecule has 0 saturated carbocycles. The molecule has 0 radical (unpaired) electrons. The van der Waals surface area contributed by atoms with Crippen LogP contribution in [0, 0.1) is 0 Å². The minimum atomic E-state index is -0.731. The Kier molecular flexibility index (Phi) is 11.1. The molecule has 1 aliphatic rings. The van der Waals surface area contributed by atoms with E-state index in [2.05, 4.69) is 5.32 Å². The van der Waals surface area contributed by atoms with E-state index in [0.29, 0.717) is 45.3 Å². The van der Waals surface area contributed by atoms with Crippen LogP contribution in [0.2, 0.25) is 0 Å². The number of nitrogens with one attached hydrogen (secondary N) is 1. The number of para-hydroxylation sites is 1. The van der Waals surface area contributed by atoms with Crippen LogP contribution in [0.25, 0.3) is 0 Å². The van der Waals surface area contributed by atoms with Crippen molar-refractivity contribution in [2.75, 3.05) is 25.1 Å². The number of likely N-dealkylation sites (tertiary alicyclic amines) is 1. The predicted molar refractivity (Wildman–Crippen MR) is 165 cm³/mol. The van der Waals surface area contributed by atoms with E-state index in [0.717, 1.165) is 34.5 Å². The molecular weight excluding hydrogens is 528 g/mol. The third kappa shape index (κ3) is 7.97. The van der Waals surface area contributed by atoms with Crippen LogP contribution in [0.15, 0.2) is 78.9 Å². The third-order valence-corrected chi connectivity index (χ3v) is 7.80. The molecule has 1 heterocycles. The van der Waals surface area contributed by atoms with Crippen LogP contribution in [0.4, 0.5) is 5.69 Å². The van der Waals surface area contributed by atoms with Crippen LogP contribution < -0.4 is 20.7 Å². The van der Waals surface area contributed by atoms with E-state index in [1.807, 2.05) is 90.7 Å². The number of methoxy groups -OCH3 is 1. The number of benzene rings is 3. The number of carbonyl (C=O) groups excluding carboxylic acids is 3. The first-order valence-electron chi connectivity index (χ1n) is 14.8. The van der Waals surface area contributed by atoms with Gasteiger partial charge in [0, 0.05) is 44.6 Å². The lowest BCUT2D eigenvalue weighted by Gasteiger charge is -2.30. The van der Waals surface area contributed by atoms with Crippen molar-refractivity contribution < 1.29 is 19.1 Å². The van der Waals surface area contributed by atoms with Gasteiger partial charge >= 0.3 is 0 Å². The fourth-order valence-corrected chi connectivity index (χ4v) is 5.57. The quantitative estimate of drug-likeness (QED) is 0.320. The second kappa shape index (κ2) is 15.2. The Hall–Kier alpha value is -4.17. The molecule has 1 fully saturated rings. The normalized spacial score (nSPS) is 15.2. The second-order valence-corrected chi connectivity index (χ2v) is 10.7. The van der Waals surface area contributed by atoms with Gasteiger partial charge in [-0.05, 0) is 60.2 Å². The zero-order valence-corrected chi connectivity index (χ0v) is 24.6. The van der Waals surface area contributed by atoms with Crippen LogP contribution in [0.5, 0.6) is 5.75 Å². The minimum Gasteiger partial charge on any atom is -0.497 e. The van der Waals surface area contributed by atoms with Gasteiger partial charge in [-0.3, -0.25) is 14.4 Å². The van der Waals surface area contributed by atoms with Gasteiger partial charge in [0.05, 0.1) is 13.2 Å². The van der Waals surface area contributed by atoms with Crippen molar-refractivity contribution >= 4 is 23.4 Å². The number of aryl methyl sites for hydroxylation is 1. The summed E-state index contributed by atoms with van der Waals surface area (Å²) in [4.78, 5) is 43.9. The Morgan fingerprint density at radius 1 is 0.976 bits per heavy atom. The van der Waals surface area contributed by atoms with Gasteiger partial charge < -0.3 is 25.6 Å². The first kappa shape index (κ1) is 30.8. The van der Waals surface area contributed by atoms with Gasteiger partial charge in [-0.25, -0.2) is 0 Å². The molecule has 3 aromatic carbocycles. The molecule has 222 valence electrons. The number of carbonyl (C=O) groups is 3. The lowest BCUT2D eigenvalue weighted by atomic mass is 10.0. The number of amides is 3. The Bertz CT molecular complexity index is 1330. The van der Waals surface area contributed by atoms with E-state index in [1.165, 1.54) is 0 Å². The molecule has 0 aliphatic carbocycles. The summed E-state index contributed by atoms with van der Waals surface area (Å²) in [7, 11) is 1.61. The van der Waals surface area contributed by atoms with Gasteiger partial charge in [-0.2, -0.15) is 0 Å². The molecule has 2 atom stereocenters. The highest BCUT2D eigenvalue weighted by atomic mass is 16.5. The van der Waals surface area contributed by atoms with E-state index < -0.39 is 6.04 Å². The summed E-state index contributed by atoms with van der Waals surface area (Å²) >= 11 is 0. The molecule has 0 aromatic heterocycles. The van der Waals surface area contributed by atoms with Crippen molar-refractivity contribution in [3.63, 3.8) is 0 Å². The maximum Gasteiger partial charge on any atom is 0.245 e. The molecule has 4 rings (SSSR count). The molecule has 8 heteroatoms. The van der Waals surface area contributed by atoms with Crippen molar-refractivity contribution in [1.82, 2.24) is 10.2 Å². The van der Waals surface area contributed by atoms with E-state index in [9.17, 15) is 14.4 Å². The first-order valence-corrected chi connectivity index (χ1v) is 14.8. The van der Waals surface area contributed by atoms with Crippen LogP contribution in [0.1, 0.15) is 49.3 Å². The second-order valence-electron chi connectivity index (χ2n) is 10.7. The Morgan fingerprint density at radius 3 is 2.33 bits per heavy atom. The van der Waals surface area contributed by atoms with E-state index >= 15 is 0 Å². The molecule has 1 saturated heterocycles. The number of nitrogens with zero attached hydrogens (tertiary/aromatic N) is 2. The van der Waals surface area contributed by atoms with E-state index in [1.54, 1.807) is 12.0 Å². The Morgan fingerprint density at radius 2 is 1.67 bits per heavy atom. The molecule has 0 spiro atoms. The molecule has 3 aromatic rings. The van der Waals surface area contributed by atoms with E-state index in [-0.39, 0.29) is 30.2 Å². The number of nitrogens with two attached hydrogens (primary N) is 1. The summed E-state index contributed by atoms with van der Waals surface area (Å²) in [6.45, 7) is 3.34. The minimum absolute atomic E-state index is 0.0591. The SMILES string of the molecule is CCCC(=O)N(c1ccccc1)C1CCN(C(=O)[C@@H](Cc2ccc(OC)cc2)NC(=O)CCc2ccccc2CN)C1. The number of hydrogen-bond donors (Lipinski definition) is 2. The first-order chi connectivity index (χ1) is 20.4. The van der Waals surface area contributed by atoms with Crippen molar-refractivity contribution in [3.05, 3.63) is 95.6 Å². The Labute approximate surface area is 248 Å². The van der Waals surface area contributed by atoms with Crippen molar-refractivity contribution in [2.45, 2.75) is 64.1 Å². The molecule has 8 nitrogen and oxygen atoms in total. The van der Waals surface area contributed by atoms with Crippen LogP contribution in [-0.2, 0) is 33.8 Å². The topological polar surface area (TPSA) is 105 Å². The number of hydrogen-bond acceptors (Lipinski definition) is 5. The Balaban J connectivity index is 1.49. The number of ether oxygens (including phenoxy) is 1. The zero-order valence-electron chi connectivity index (χ0n) is 24.6. The van der Waals surface area contributed by atoms with Gasteiger partial charge in [0.2, 0.25) is 17.7 Å². The van der Waals surface area contributed by atoms with Crippen LogP contribution in [0.3, 0.4) is 0 Å². The summed E-state index contributed by atoms with van der Waals surface area (Å²) in [5, 5.41) is 3.02. The molecule has 3 N–H and O–H groups in total. The summed E-state index contributed by atoms with van der Waals surface area (Å²) < 4.78 is 5.28. The highest BCUT2D eigenvalue weighted by Gasteiger charge is 2.36. The maximum absolute atomic E-state index is 13.9. The molecule has 3 amide bonds. The van der Waals surface area contributed by atoms with Gasteiger partial charge in [0.1, 0.15) is 11.8 Å². The number of anilines is 1. The molecule has 42 heavy (non-hydrogen) atoms. The van der Waals surface area contributed by atoms with Crippen LogP contribution in [-0.4, -0.2) is 54.9 Å². The predicted octanol–water partition coefficient (Wildman–Crippen LogP) is 4.25. The summed E-state index contributed by atoms with van der Waals surface area (Å²) in [6, 6.07) is 24.2. The standard InChI is InChI=1S/C34H42N4O4/c1-3-9-33(40)38(28-12-5-4-6-13-28)29-20-21-37(24-29)34(41)31(22-25-14-17-30(42-2)18-15-25)36-32(39)19-16-26-10-7-8-11-27(26)23-35/h4-8,10-15,17-18,29,31H,3,9,16,19-24,35H2,1-2H3,(H,36,39)/t29?,31-/m1/s1.